The first-order valence-corrected chi connectivity index (χ1v) is 9.81. The summed E-state index contributed by atoms with van der Waals surface area (Å²) in [6.07, 6.45) is 0.312. The van der Waals surface area contributed by atoms with Crippen LogP contribution in [-0.2, 0) is 16.4 Å². The number of rotatable bonds is 7. The number of ether oxygens (including phenoxy) is 1. The van der Waals surface area contributed by atoms with Crippen molar-refractivity contribution >= 4 is 21.4 Å². The molecule has 0 aliphatic heterocycles. The highest BCUT2D eigenvalue weighted by atomic mass is 32.2. The molecule has 0 aliphatic rings. The van der Waals surface area contributed by atoms with Gasteiger partial charge in [-0.15, -0.1) is 11.3 Å². The first-order chi connectivity index (χ1) is 12.0. The minimum absolute atomic E-state index is 0.184. The van der Waals surface area contributed by atoms with Gasteiger partial charge in [0.1, 0.15) is 9.96 Å². The van der Waals surface area contributed by atoms with Gasteiger partial charge in [0.25, 0.3) is 0 Å². The summed E-state index contributed by atoms with van der Waals surface area (Å²) < 4.78 is 37.4. The van der Waals surface area contributed by atoms with Crippen LogP contribution in [0, 0.1) is 6.92 Å². The van der Waals surface area contributed by atoms with E-state index in [9.17, 15) is 8.42 Å². The van der Waals surface area contributed by atoms with E-state index in [1.54, 1.807) is 19.2 Å². The van der Waals surface area contributed by atoms with E-state index in [4.69, 9.17) is 9.26 Å². The molecule has 9 heteroatoms. The molecule has 0 aliphatic carbocycles. The number of benzene rings is 1. The van der Waals surface area contributed by atoms with E-state index >= 15 is 0 Å². The van der Waals surface area contributed by atoms with Gasteiger partial charge >= 0.3 is 0 Å². The molecule has 0 atom stereocenters. The highest BCUT2D eigenvalue weighted by molar-refractivity contribution is 7.91. The lowest BCUT2D eigenvalue weighted by Crippen LogP contribution is -2.25. The van der Waals surface area contributed by atoms with Crippen molar-refractivity contribution in [1.82, 2.24) is 14.9 Å². The summed E-state index contributed by atoms with van der Waals surface area (Å²) in [5, 5.41) is 3.92. The van der Waals surface area contributed by atoms with Crippen LogP contribution >= 0.6 is 11.3 Å². The van der Waals surface area contributed by atoms with E-state index in [0.29, 0.717) is 22.3 Å². The first-order valence-electron chi connectivity index (χ1n) is 7.51. The summed E-state index contributed by atoms with van der Waals surface area (Å²) in [4.78, 5) is 5.23. The minimum atomic E-state index is -3.50. The van der Waals surface area contributed by atoms with Crippen LogP contribution in [0.4, 0.5) is 0 Å². The Kier molecular flexibility index (Phi) is 5.16. The molecule has 0 spiro atoms. The van der Waals surface area contributed by atoms with Crippen molar-refractivity contribution in [2.75, 3.05) is 13.7 Å². The largest absolute Gasteiger partial charge is 0.497 e. The van der Waals surface area contributed by atoms with Gasteiger partial charge in [0.2, 0.25) is 21.7 Å². The number of thiophene rings is 1. The normalized spacial score (nSPS) is 11.6. The third-order valence-electron chi connectivity index (χ3n) is 3.43. The Morgan fingerprint density at radius 1 is 1.20 bits per heavy atom. The van der Waals surface area contributed by atoms with Gasteiger partial charge < -0.3 is 9.26 Å². The maximum atomic E-state index is 12.1. The molecule has 0 radical (unpaired) electrons. The zero-order valence-electron chi connectivity index (χ0n) is 13.7. The topological polar surface area (TPSA) is 94.3 Å². The van der Waals surface area contributed by atoms with Crippen molar-refractivity contribution in [2.24, 2.45) is 0 Å². The zero-order chi connectivity index (χ0) is 17.9. The van der Waals surface area contributed by atoms with Gasteiger partial charge in [-0.1, -0.05) is 5.16 Å². The second-order valence-electron chi connectivity index (χ2n) is 5.25. The van der Waals surface area contributed by atoms with Crippen LogP contribution in [0.25, 0.3) is 11.4 Å². The monoisotopic (exact) mass is 379 g/mol. The Balaban J connectivity index is 1.60. The van der Waals surface area contributed by atoms with Crippen LogP contribution < -0.4 is 9.46 Å². The van der Waals surface area contributed by atoms with Crippen LogP contribution in [0.2, 0.25) is 0 Å². The molecule has 0 amide bonds. The molecule has 0 fully saturated rings. The van der Waals surface area contributed by atoms with E-state index in [1.807, 2.05) is 31.2 Å². The molecule has 7 nitrogen and oxygen atoms in total. The smallest absolute Gasteiger partial charge is 0.250 e. The van der Waals surface area contributed by atoms with Crippen molar-refractivity contribution in [3.8, 4) is 17.1 Å². The molecule has 1 aromatic carbocycles. The van der Waals surface area contributed by atoms with Crippen LogP contribution in [0.5, 0.6) is 5.75 Å². The van der Waals surface area contributed by atoms with Crippen LogP contribution in [0.1, 0.15) is 10.8 Å². The summed E-state index contributed by atoms with van der Waals surface area (Å²) in [6, 6.07) is 10.6. The lowest BCUT2D eigenvalue weighted by molar-refractivity contribution is 0.379. The van der Waals surface area contributed by atoms with Crippen LogP contribution in [0.3, 0.4) is 0 Å². The van der Waals surface area contributed by atoms with Crippen LogP contribution in [0.15, 0.2) is 45.1 Å². The molecule has 25 heavy (non-hydrogen) atoms. The molecule has 0 saturated carbocycles. The van der Waals surface area contributed by atoms with E-state index in [0.717, 1.165) is 16.2 Å². The number of hydrogen-bond acceptors (Lipinski definition) is 7. The Morgan fingerprint density at radius 3 is 2.60 bits per heavy atom. The van der Waals surface area contributed by atoms with Gasteiger partial charge in [-0.2, -0.15) is 4.98 Å². The Hall–Kier alpha value is -2.23. The molecule has 132 valence electrons. The fourth-order valence-electron chi connectivity index (χ4n) is 2.13. The number of aryl methyl sites for hydroxylation is 1. The number of methoxy groups -OCH3 is 1. The maximum Gasteiger partial charge on any atom is 0.250 e. The van der Waals surface area contributed by atoms with Gasteiger partial charge in [0, 0.05) is 23.4 Å². The maximum absolute atomic E-state index is 12.1. The number of nitrogens with zero attached hydrogens (tertiary/aromatic N) is 2. The average Bonchev–Trinajstić information content (AvgIpc) is 3.24. The molecule has 2 aromatic heterocycles. The SMILES string of the molecule is COc1ccc(-c2noc(CCNS(=O)(=O)c3ccc(C)s3)n2)cc1. The molecule has 3 aromatic rings. The molecular weight excluding hydrogens is 362 g/mol. The Labute approximate surface area is 149 Å². The molecule has 0 saturated heterocycles. The van der Waals surface area contributed by atoms with Crippen molar-refractivity contribution < 1.29 is 17.7 Å². The quantitative estimate of drug-likeness (QED) is 0.678. The number of sulfonamides is 1. The fraction of sp³-hybridized carbons (Fsp3) is 0.250. The second-order valence-corrected chi connectivity index (χ2v) is 8.53. The van der Waals surface area contributed by atoms with Gasteiger partial charge in [-0.3, -0.25) is 0 Å². The lowest BCUT2D eigenvalue weighted by atomic mass is 10.2. The molecule has 3 rings (SSSR count). The standard InChI is InChI=1S/C16H17N3O4S2/c1-11-3-8-15(24-11)25(20,21)17-10-9-14-18-16(19-23-14)12-4-6-13(22-2)7-5-12/h3-8,17H,9-10H2,1-2H3. The van der Waals surface area contributed by atoms with Crippen molar-refractivity contribution in [1.29, 1.82) is 0 Å². The van der Waals surface area contributed by atoms with Gasteiger partial charge in [0.15, 0.2) is 0 Å². The predicted molar refractivity (Wildman–Crippen MR) is 94.2 cm³/mol. The summed E-state index contributed by atoms with van der Waals surface area (Å²) >= 11 is 1.23. The van der Waals surface area contributed by atoms with E-state index in [2.05, 4.69) is 14.9 Å². The molecule has 0 unspecified atom stereocenters. The summed E-state index contributed by atoms with van der Waals surface area (Å²) in [6.45, 7) is 2.05. The number of aromatic nitrogens is 2. The minimum Gasteiger partial charge on any atom is -0.497 e. The fourth-order valence-corrected chi connectivity index (χ4v) is 4.49. The third kappa shape index (κ3) is 4.25. The molecule has 1 N–H and O–H groups in total. The van der Waals surface area contributed by atoms with Gasteiger partial charge in [0.05, 0.1) is 7.11 Å². The number of hydrogen-bond donors (Lipinski definition) is 1. The second kappa shape index (κ2) is 7.34. The van der Waals surface area contributed by atoms with Gasteiger partial charge in [-0.25, -0.2) is 13.1 Å². The lowest BCUT2D eigenvalue weighted by Gasteiger charge is -2.02. The van der Waals surface area contributed by atoms with Crippen molar-refractivity contribution in [3.63, 3.8) is 0 Å². The molecule has 0 bridgehead atoms. The molecular formula is C16H17N3O4S2. The zero-order valence-corrected chi connectivity index (χ0v) is 15.4. The Morgan fingerprint density at radius 2 is 1.96 bits per heavy atom. The molecule has 2 heterocycles. The van der Waals surface area contributed by atoms with Crippen LogP contribution in [-0.4, -0.2) is 32.2 Å². The highest BCUT2D eigenvalue weighted by Gasteiger charge is 2.16. The summed E-state index contributed by atoms with van der Waals surface area (Å²) in [5.74, 6) is 1.57. The summed E-state index contributed by atoms with van der Waals surface area (Å²) in [5.41, 5.74) is 0.797. The number of nitrogens with one attached hydrogen (secondary N) is 1. The average molecular weight is 379 g/mol. The van der Waals surface area contributed by atoms with Crippen molar-refractivity contribution in [2.45, 2.75) is 17.6 Å². The Bertz CT molecular complexity index is 946. The van der Waals surface area contributed by atoms with E-state index in [1.165, 1.54) is 11.3 Å². The van der Waals surface area contributed by atoms with E-state index < -0.39 is 10.0 Å². The van der Waals surface area contributed by atoms with E-state index in [-0.39, 0.29) is 6.54 Å². The predicted octanol–water partition coefficient (Wildman–Crippen LogP) is 2.64. The summed E-state index contributed by atoms with van der Waals surface area (Å²) in [7, 11) is -1.90. The highest BCUT2D eigenvalue weighted by Crippen LogP contribution is 2.21. The first kappa shape index (κ1) is 17.6. The van der Waals surface area contributed by atoms with Crippen molar-refractivity contribution in [3.05, 3.63) is 47.2 Å². The third-order valence-corrected chi connectivity index (χ3v) is 6.38. The van der Waals surface area contributed by atoms with Gasteiger partial charge in [-0.05, 0) is 43.3 Å².